The molecule has 2 aromatic rings. The lowest BCUT2D eigenvalue weighted by Gasteiger charge is -2.20. The first-order valence-corrected chi connectivity index (χ1v) is 7.86. The van der Waals surface area contributed by atoms with E-state index < -0.39 is 0 Å². The Labute approximate surface area is 124 Å². The Morgan fingerprint density at radius 1 is 1.33 bits per heavy atom. The van der Waals surface area contributed by atoms with Gasteiger partial charge in [-0.2, -0.15) is 0 Å². The Hall–Kier alpha value is -1.84. The van der Waals surface area contributed by atoms with Gasteiger partial charge in [-0.05, 0) is 49.1 Å². The van der Waals surface area contributed by atoms with E-state index in [-0.39, 0.29) is 5.97 Å². The van der Waals surface area contributed by atoms with Crippen molar-refractivity contribution in [2.24, 2.45) is 17.8 Å². The van der Waals surface area contributed by atoms with Gasteiger partial charge in [-0.3, -0.25) is 4.79 Å². The van der Waals surface area contributed by atoms with Crippen LogP contribution in [0, 0.1) is 17.8 Å². The number of imidazole rings is 1. The smallest absolute Gasteiger partial charge is 0.306 e. The summed E-state index contributed by atoms with van der Waals surface area (Å²) in [4.78, 5) is 16.3. The molecule has 0 unspecified atom stereocenters. The van der Waals surface area contributed by atoms with E-state index in [1.807, 2.05) is 28.8 Å². The Morgan fingerprint density at radius 2 is 2.29 bits per heavy atom. The Morgan fingerprint density at radius 3 is 3.10 bits per heavy atom. The van der Waals surface area contributed by atoms with Crippen LogP contribution in [0.15, 0.2) is 30.6 Å². The number of ether oxygens (including phenoxy) is 1. The summed E-state index contributed by atoms with van der Waals surface area (Å²) in [6, 6.07) is 5.86. The lowest BCUT2D eigenvalue weighted by atomic mass is 9.86. The molecular weight excluding hydrogens is 264 g/mol. The van der Waals surface area contributed by atoms with Gasteiger partial charge in [0.25, 0.3) is 0 Å². The lowest BCUT2D eigenvalue weighted by Crippen LogP contribution is -2.17. The van der Waals surface area contributed by atoms with Gasteiger partial charge in [-0.15, -0.1) is 0 Å². The van der Waals surface area contributed by atoms with E-state index in [0.717, 1.165) is 23.2 Å². The number of hydrogen-bond donors (Lipinski definition) is 0. The molecule has 2 aliphatic carbocycles. The second-order valence-corrected chi connectivity index (χ2v) is 6.47. The first-order chi connectivity index (χ1) is 10.3. The molecular formula is C17H20N2O2. The minimum atomic E-state index is -0.0512. The molecule has 0 aromatic carbocycles. The molecule has 0 radical (unpaired) electrons. The van der Waals surface area contributed by atoms with Crippen LogP contribution in [0.1, 0.15) is 37.8 Å². The average Bonchev–Trinajstić information content (AvgIpc) is 3.20. The minimum Gasteiger partial charge on any atom is -0.459 e. The Kier molecular flexibility index (Phi) is 3.17. The van der Waals surface area contributed by atoms with Crippen LogP contribution in [0.4, 0.5) is 0 Å². The first-order valence-electron chi connectivity index (χ1n) is 7.86. The molecule has 0 aliphatic heterocycles. The summed E-state index contributed by atoms with van der Waals surface area (Å²) in [5, 5.41) is 0. The predicted octanol–water partition coefficient (Wildman–Crippen LogP) is 3.20. The van der Waals surface area contributed by atoms with E-state index >= 15 is 0 Å². The quantitative estimate of drug-likeness (QED) is 0.810. The topological polar surface area (TPSA) is 43.6 Å². The number of rotatable bonds is 4. The van der Waals surface area contributed by atoms with Crippen molar-refractivity contribution in [1.82, 2.24) is 9.38 Å². The predicted molar refractivity (Wildman–Crippen MR) is 78.5 cm³/mol. The van der Waals surface area contributed by atoms with Crippen LogP contribution in [0.2, 0.25) is 0 Å². The highest BCUT2D eigenvalue weighted by atomic mass is 16.5. The van der Waals surface area contributed by atoms with Crippen LogP contribution in [0.5, 0.6) is 0 Å². The van der Waals surface area contributed by atoms with Crippen LogP contribution < -0.4 is 0 Å². The molecule has 110 valence electrons. The first kappa shape index (κ1) is 12.9. The standard InChI is InChI=1S/C17H20N2O2/c20-17(10-14-9-12-4-5-13(14)8-12)21-11-15-2-1-3-16-18-6-7-19(15)16/h1-3,6-7,12-14H,4-5,8-11H2/t12-,13-,14+/m0/s1. The zero-order valence-corrected chi connectivity index (χ0v) is 12.1. The molecule has 0 spiro atoms. The fourth-order valence-electron chi connectivity index (χ4n) is 4.18. The molecule has 21 heavy (non-hydrogen) atoms. The van der Waals surface area contributed by atoms with Crippen molar-refractivity contribution in [3.63, 3.8) is 0 Å². The second kappa shape index (κ2) is 5.17. The highest BCUT2D eigenvalue weighted by Gasteiger charge is 2.40. The third-order valence-electron chi connectivity index (χ3n) is 5.21. The van der Waals surface area contributed by atoms with Crippen molar-refractivity contribution in [3.05, 3.63) is 36.3 Å². The summed E-state index contributed by atoms with van der Waals surface area (Å²) in [5.74, 6) is 2.18. The van der Waals surface area contributed by atoms with Gasteiger partial charge >= 0.3 is 5.97 Å². The number of pyridine rings is 1. The van der Waals surface area contributed by atoms with Crippen LogP contribution in [-0.4, -0.2) is 15.4 Å². The normalized spacial score (nSPS) is 27.3. The van der Waals surface area contributed by atoms with Crippen LogP contribution >= 0.6 is 0 Å². The molecule has 4 nitrogen and oxygen atoms in total. The van der Waals surface area contributed by atoms with Gasteiger partial charge in [0.2, 0.25) is 0 Å². The van der Waals surface area contributed by atoms with Crippen LogP contribution in [0.3, 0.4) is 0 Å². The average molecular weight is 284 g/mol. The van der Waals surface area contributed by atoms with Crippen molar-refractivity contribution in [3.8, 4) is 0 Å². The third-order valence-corrected chi connectivity index (χ3v) is 5.21. The van der Waals surface area contributed by atoms with Crippen LogP contribution in [0.25, 0.3) is 5.65 Å². The molecule has 2 heterocycles. The molecule has 0 amide bonds. The van der Waals surface area contributed by atoms with Crippen molar-refractivity contribution >= 4 is 11.6 Å². The fourth-order valence-corrected chi connectivity index (χ4v) is 4.18. The highest BCUT2D eigenvalue weighted by molar-refractivity contribution is 5.69. The number of nitrogens with zero attached hydrogens (tertiary/aromatic N) is 2. The summed E-state index contributed by atoms with van der Waals surface area (Å²) < 4.78 is 7.45. The van der Waals surface area contributed by atoms with Gasteiger partial charge in [0.05, 0.1) is 5.69 Å². The SMILES string of the molecule is O=C(C[C@H]1C[C@H]2CC[C@H]1C2)OCc1cccc2nccn12. The number of carbonyl (C=O) groups is 1. The molecule has 2 saturated carbocycles. The third kappa shape index (κ3) is 2.43. The monoisotopic (exact) mass is 284 g/mol. The van der Waals surface area contributed by atoms with Crippen LogP contribution in [-0.2, 0) is 16.1 Å². The maximum Gasteiger partial charge on any atom is 0.306 e. The molecule has 2 bridgehead atoms. The van der Waals surface area contributed by atoms with Gasteiger partial charge in [0, 0.05) is 18.8 Å². The Bertz CT molecular complexity index is 664. The van der Waals surface area contributed by atoms with E-state index in [1.165, 1.54) is 25.7 Å². The fraction of sp³-hybridized carbons (Fsp3) is 0.529. The van der Waals surface area contributed by atoms with Crippen molar-refractivity contribution < 1.29 is 9.53 Å². The van der Waals surface area contributed by atoms with E-state index in [9.17, 15) is 4.79 Å². The summed E-state index contributed by atoms with van der Waals surface area (Å²) in [6.45, 7) is 0.327. The minimum absolute atomic E-state index is 0.0512. The van der Waals surface area contributed by atoms with E-state index in [2.05, 4.69) is 4.98 Å². The zero-order valence-electron chi connectivity index (χ0n) is 12.1. The maximum atomic E-state index is 12.1. The highest BCUT2D eigenvalue weighted by Crippen LogP contribution is 2.49. The molecule has 4 rings (SSSR count). The molecule has 0 N–H and O–H groups in total. The molecule has 2 fully saturated rings. The number of esters is 1. The Balaban J connectivity index is 1.36. The van der Waals surface area contributed by atoms with Crippen molar-refractivity contribution in [2.45, 2.75) is 38.7 Å². The molecule has 2 aromatic heterocycles. The van der Waals surface area contributed by atoms with E-state index in [1.54, 1.807) is 6.20 Å². The molecule has 2 aliphatic rings. The largest absolute Gasteiger partial charge is 0.459 e. The lowest BCUT2D eigenvalue weighted by molar-refractivity contribution is -0.146. The number of hydrogen-bond acceptors (Lipinski definition) is 3. The van der Waals surface area contributed by atoms with Crippen molar-refractivity contribution in [1.29, 1.82) is 0 Å². The number of carbonyl (C=O) groups excluding carboxylic acids is 1. The molecule has 4 heteroatoms. The maximum absolute atomic E-state index is 12.1. The van der Waals surface area contributed by atoms with Gasteiger partial charge in [0.15, 0.2) is 0 Å². The van der Waals surface area contributed by atoms with Crippen molar-refractivity contribution in [2.75, 3.05) is 0 Å². The van der Waals surface area contributed by atoms with Gasteiger partial charge in [0.1, 0.15) is 12.3 Å². The van der Waals surface area contributed by atoms with E-state index in [0.29, 0.717) is 18.9 Å². The summed E-state index contributed by atoms with van der Waals surface area (Å²) >= 11 is 0. The summed E-state index contributed by atoms with van der Waals surface area (Å²) in [5.41, 5.74) is 1.85. The summed E-state index contributed by atoms with van der Waals surface area (Å²) in [6.07, 6.45) is 9.52. The van der Waals surface area contributed by atoms with Gasteiger partial charge in [-0.25, -0.2) is 4.98 Å². The molecule has 3 atom stereocenters. The molecule has 0 saturated heterocycles. The zero-order chi connectivity index (χ0) is 14.2. The van der Waals surface area contributed by atoms with Gasteiger partial charge < -0.3 is 9.14 Å². The number of fused-ring (bicyclic) bond motifs is 3. The van der Waals surface area contributed by atoms with E-state index in [4.69, 9.17) is 4.74 Å². The van der Waals surface area contributed by atoms with Gasteiger partial charge in [-0.1, -0.05) is 12.5 Å². The second-order valence-electron chi connectivity index (χ2n) is 6.47. The number of aromatic nitrogens is 2. The summed E-state index contributed by atoms with van der Waals surface area (Å²) in [7, 11) is 0.